The highest BCUT2D eigenvalue weighted by molar-refractivity contribution is 5.48. The molecular formula is C25H32F4N2O2. The summed E-state index contributed by atoms with van der Waals surface area (Å²) in [7, 11) is 1.98. The third-order valence-corrected chi connectivity index (χ3v) is 6.09. The molecule has 0 spiro atoms. The molecule has 182 valence electrons. The van der Waals surface area contributed by atoms with Crippen LogP contribution in [0.2, 0.25) is 0 Å². The normalized spacial score (nSPS) is 16.8. The van der Waals surface area contributed by atoms with Crippen LogP contribution in [0.1, 0.15) is 44.2 Å². The predicted octanol–water partition coefficient (Wildman–Crippen LogP) is 5.49. The summed E-state index contributed by atoms with van der Waals surface area (Å²) in [5, 5.41) is 11.0. The van der Waals surface area contributed by atoms with Crippen LogP contribution >= 0.6 is 0 Å². The van der Waals surface area contributed by atoms with E-state index in [0.29, 0.717) is 51.0 Å². The number of hydrogen-bond acceptors (Lipinski definition) is 4. The van der Waals surface area contributed by atoms with E-state index >= 15 is 0 Å². The molecule has 0 saturated carbocycles. The molecule has 0 unspecified atom stereocenters. The quantitative estimate of drug-likeness (QED) is 0.520. The van der Waals surface area contributed by atoms with Crippen LogP contribution in [0.4, 0.5) is 23.2 Å². The number of aliphatic hydroxyl groups is 1. The first-order valence-corrected chi connectivity index (χ1v) is 11.2. The van der Waals surface area contributed by atoms with Gasteiger partial charge < -0.3 is 14.7 Å². The molecule has 0 radical (unpaired) electrons. The van der Waals surface area contributed by atoms with E-state index in [2.05, 4.69) is 4.90 Å². The number of halogens is 4. The Balaban J connectivity index is 1.49. The van der Waals surface area contributed by atoms with E-state index in [-0.39, 0.29) is 6.10 Å². The number of benzene rings is 2. The van der Waals surface area contributed by atoms with Crippen LogP contribution in [0, 0.1) is 5.82 Å². The number of rotatable bonds is 8. The Labute approximate surface area is 192 Å². The van der Waals surface area contributed by atoms with Crippen LogP contribution in [-0.4, -0.2) is 48.4 Å². The molecule has 0 aliphatic carbocycles. The van der Waals surface area contributed by atoms with Crippen LogP contribution < -0.4 is 9.64 Å². The van der Waals surface area contributed by atoms with Crippen molar-refractivity contribution in [1.82, 2.24) is 4.90 Å². The van der Waals surface area contributed by atoms with Crippen LogP contribution in [0.25, 0.3) is 0 Å². The van der Waals surface area contributed by atoms with Gasteiger partial charge in [0.15, 0.2) is 0 Å². The molecule has 4 nitrogen and oxygen atoms in total. The van der Waals surface area contributed by atoms with Crippen molar-refractivity contribution in [2.24, 2.45) is 0 Å². The zero-order valence-electron chi connectivity index (χ0n) is 19.3. The molecule has 0 bridgehead atoms. The monoisotopic (exact) mass is 468 g/mol. The molecule has 3 rings (SSSR count). The standard InChI is InChI=1S/C25H32F4N2O2/c1-18(2)33-21-7-5-20(6-8-21)30(3)13-10-24(32)11-14-31(15-12-24)17-19-4-9-23(26)22(16-19)25(27,28)29/h4-9,16,18,32H,10-15,17H2,1-3H3. The topological polar surface area (TPSA) is 35.9 Å². The van der Waals surface area contributed by atoms with Crippen molar-refractivity contribution < 1.29 is 27.4 Å². The molecule has 1 heterocycles. The summed E-state index contributed by atoms with van der Waals surface area (Å²) in [6.45, 7) is 6.06. The first kappa shape index (κ1) is 25.3. The summed E-state index contributed by atoms with van der Waals surface area (Å²) in [5.74, 6) is -0.442. The summed E-state index contributed by atoms with van der Waals surface area (Å²) < 4.78 is 58.0. The Bertz CT molecular complexity index is 908. The Morgan fingerprint density at radius 2 is 1.73 bits per heavy atom. The van der Waals surface area contributed by atoms with Crippen LogP contribution in [0.15, 0.2) is 42.5 Å². The first-order chi connectivity index (χ1) is 15.4. The van der Waals surface area contributed by atoms with Gasteiger partial charge in [0.1, 0.15) is 11.6 Å². The van der Waals surface area contributed by atoms with Crippen molar-refractivity contribution in [1.29, 1.82) is 0 Å². The zero-order chi connectivity index (χ0) is 24.2. The van der Waals surface area contributed by atoms with Gasteiger partial charge in [-0.25, -0.2) is 4.39 Å². The lowest BCUT2D eigenvalue weighted by Gasteiger charge is -2.39. The van der Waals surface area contributed by atoms with Crippen molar-refractivity contribution in [2.75, 3.05) is 31.6 Å². The summed E-state index contributed by atoms with van der Waals surface area (Å²) in [5.41, 5.74) is -0.603. The molecule has 8 heteroatoms. The van der Waals surface area contributed by atoms with Crippen LogP contribution in [0.5, 0.6) is 5.75 Å². The fraction of sp³-hybridized carbons (Fsp3) is 0.520. The smallest absolute Gasteiger partial charge is 0.419 e. The lowest BCUT2D eigenvalue weighted by Crippen LogP contribution is -2.45. The highest BCUT2D eigenvalue weighted by atomic mass is 19.4. The fourth-order valence-electron chi connectivity index (χ4n) is 4.08. The summed E-state index contributed by atoms with van der Waals surface area (Å²) in [6.07, 6.45) is -2.93. The second kappa shape index (κ2) is 10.3. The van der Waals surface area contributed by atoms with E-state index < -0.39 is 23.2 Å². The lowest BCUT2D eigenvalue weighted by molar-refractivity contribution is -0.140. The highest BCUT2D eigenvalue weighted by Crippen LogP contribution is 2.33. The lowest BCUT2D eigenvalue weighted by atomic mass is 9.88. The number of anilines is 1. The van der Waals surface area contributed by atoms with Crippen molar-refractivity contribution in [3.05, 3.63) is 59.4 Å². The van der Waals surface area contributed by atoms with Gasteiger partial charge in [-0.2, -0.15) is 13.2 Å². The average Bonchev–Trinajstić information content (AvgIpc) is 2.74. The molecule has 1 aliphatic rings. The van der Waals surface area contributed by atoms with Gasteiger partial charge in [0, 0.05) is 38.9 Å². The molecule has 2 aromatic rings. The summed E-state index contributed by atoms with van der Waals surface area (Å²) in [4.78, 5) is 4.08. The van der Waals surface area contributed by atoms with E-state index in [1.807, 2.05) is 50.1 Å². The van der Waals surface area contributed by atoms with Crippen molar-refractivity contribution >= 4 is 5.69 Å². The maximum Gasteiger partial charge on any atom is 0.419 e. The third-order valence-electron chi connectivity index (χ3n) is 6.09. The predicted molar refractivity (Wildman–Crippen MR) is 121 cm³/mol. The highest BCUT2D eigenvalue weighted by Gasteiger charge is 2.35. The SMILES string of the molecule is CC(C)Oc1ccc(N(C)CCC2(O)CCN(Cc3ccc(F)c(C(F)(F)F)c3)CC2)cc1. The fourth-order valence-corrected chi connectivity index (χ4v) is 4.08. The van der Waals surface area contributed by atoms with Gasteiger partial charge in [-0.15, -0.1) is 0 Å². The van der Waals surface area contributed by atoms with Gasteiger partial charge >= 0.3 is 6.18 Å². The molecule has 1 fully saturated rings. The molecule has 0 amide bonds. The van der Waals surface area contributed by atoms with Crippen molar-refractivity contribution in [3.8, 4) is 5.75 Å². The molecule has 1 aliphatic heterocycles. The number of nitrogens with zero attached hydrogens (tertiary/aromatic N) is 2. The minimum absolute atomic E-state index is 0.114. The largest absolute Gasteiger partial charge is 0.491 e. The van der Waals surface area contributed by atoms with E-state index in [1.165, 1.54) is 6.07 Å². The van der Waals surface area contributed by atoms with Crippen molar-refractivity contribution in [3.63, 3.8) is 0 Å². The number of piperidine rings is 1. The van der Waals surface area contributed by atoms with Crippen molar-refractivity contribution in [2.45, 2.75) is 57.5 Å². The number of hydrogen-bond donors (Lipinski definition) is 1. The Hall–Kier alpha value is -2.32. The molecule has 0 atom stereocenters. The molecular weight excluding hydrogens is 436 g/mol. The molecule has 33 heavy (non-hydrogen) atoms. The number of alkyl halides is 3. The van der Waals surface area contributed by atoms with Gasteiger partial charge in [-0.05, 0) is 75.1 Å². The van der Waals surface area contributed by atoms with Gasteiger partial charge in [0.05, 0.1) is 17.3 Å². The van der Waals surface area contributed by atoms with Gasteiger partial charge in [0.2, 0.25) is 0 Å². The summed E-state index contributed by atoms with van der Waals surface area (Å²) in [6, 6.07) is 11.0. The van der Waals surface area contributed by atoms with Gasteiger partial charge in [0.25, 0.3) is 0 Å². The second-order valence-electron chi connectivity index (χ2n) is 9.14. The third kappa shape index (κ3) is 7.08. The Morgan fingerprint density at radius 1 is 1.09 bits per heavy atom. The maximum absolute atomic E-state index is 13.5. The van der Waals surface area contributed by atoms with Crippen LogP contribution in [-0.2, 0) is 12.7 Å². The van der Waals surface area contributed by atoms with E-state index in [9.17, 15) is 22.7 Å². The van der Waals surface area contributed by atoms with E-state index in [0.717, 1.165) is 23.6 Å². The van der Waals surface area contributed by atoms with E-state index in [4.69, 9.17) is 4.74 Å². The van der Waals surface area contributed by atoms with Crippen LogP contribution in [0.3, 0.4) is 0 Å². The van der Waals surface area contributed by atoms with Gasteiger partial charge in [-0.3, -0.25) is 4.90 Å². The Morgan fingerprint density at radius 3 is 2.30 bits per heavy atom. The Kier molecular flexibility index (Phi) is 7.90. The minimum atomic E-state index is -4.71. The van der Waals surface area contributed by atoms with E-state index in [1.54, 1.807) is 0 Å². The van der Waals surface area contributed by atoms with Gasteiger partial charge in [-0.1, -0.05) is 6.07 Å². The minimum Gasteiger partial charge on any atom is -0.491 e. The molecule has 0 aromatic heterocycles. The summed E-state index contributed by atoms with van der Waals surface area (Å²) >= 11 is 0. The number of likely N-dealkylation sites (tertiary alicyclic amines) is 1. The average molecular weight is 469 g/mol. The first-order valence-electron chi connectivity index (χ1n) is 11.2. The molecule has 2 aromatic carbocycles. The maximum atomic E-state index is 13.5. The number of ether oxygens (including phenoxy) is 1. The zero-order valence-corrected chi connectivity index (χ0v) is 19.3. The molecule has 1 N–H and O–H groups in total. The second-order valence-corrected chi connectivity index (χ2v) is 9.14. The molecule has 1 saturated heterocycles.